The quantitative estimate of drug-likeness (QED) is 0.115. The van der Waals surface area contributed by atoms with Crippen LogP contribution < -0.4 is 15.4 Å². The van der Waals surface area contributed by atoms with Crippen LogP contribution in [0.15, 0.2) is 91.6 Å². The molecule has 0 aliphatic carbocycles. The average molecular weight is 690 g/mol. The zero-order chi connectivity index (χ0) is 36.6. The number of rotatable bonds is 10. The van der Waals surface area contributed by atoms with Crippen molar-refractivity contribution in [3.8, 4) is 5.75 Å². The summed E-state index contributed by atoms with van der Waals surface area (Å²) >= 11 is 0. The second-order valence-electron chi connectivity index (χ2n) is 17.0. The van der Waals surface area contributed by atoms with Gasteiger partial charge in [0.15, 0.2) is 0 Å². The molecule has 3 aromatic carbocycles. The van der Waals surface area contributed by atoms with Gasteiger partial charge in [-0.05, 0) is 75.4 Å². The summed E-state index contributed by atoms with van der Waals surface area (Å²) in [4.78, 5) is 18.9. The molecule has 0 saturated carbocycles. The molecule has 2 amide bonds. The molecule has 4 aromatic rings. The Morgan fingerprint density at radius 2 is 1.71 bits per heavy atom. The highest BCUT2D eigenvalue weighted by atomic mass is 16.5. The van der Waals surface area contributed by atoms with Gasteiger partial charge in [0.2, 0.25) is 0 Å². The highest BCUT2D eigenvalue weighted by molar-refractivity contribution is 5.85. The van der Waals surface area contributed by atoms with Crippen molar-refractivity contribution >= 4 is 16.9 Å². The smallest absolute Gasteiger partial charge is 0.316 e. The fourth-order valence-electron chi connectivity index (χ4n) is 8.60. The van der Waals surface area contributed by atoms with Crippen molar-refractivity contribution in [2.75, 3.05) is 26.8 Å². The van der Waals surface area contributed by atoms with Crippen molar-refractivity contribution in [2.45, 2.75) is 89.9 Å². The van der Waals surface area contributed by atoms with E-state index in [0.717, 1.165) is 64.7 Å². The highest BCUT2D eigenvalue weighted by Gasteiger charge is 2.54. The summed E-state index contributed by atoms with van der Waals surface area (Å²) in [6.45, 7) is 20.7. The number of aliphatic hydroxyl groups excluding tert-OH is 1. The van der Waals surface area contributed by atoms with Crippen LogP contribution >= 0.6 is 0 Å². The van der Waals surface area contributed by atoms with E-state index >= 15 is 0 Å². The third-order valence-electron chi connectivity index (χ3n) is 11.6. The number of aliphatic hydroxyl groups is 1. The Balaban J connectivity index is 1.47. The van der Waals surface area contributed by atoms with Crippen LogP contribution in [-0.4, -0.2) is 53.5 Å². The summed E-state index contributed by atoms with van der Waals surface area (Å²) in [5.41, 5.74) is 6.80. The van der Waals surface area contributed by atoms with Crippen LogP contribution in [0.4, 0.5) is 4.79 Å². The molecule has 7 rings (SSSR count). The van der Waals surface area contributed by atoms with Gasteiger partial charge in [-0.2, -0.15) is 0 Å². The van der Waals surface area contributed by atoms with Crippen molar-refractivity contribution in [2.24, 2.45) is 11.8 Å². The molecule has 3 aliphatic heterocycles. The number of nitrogens with zero attached hydrogens (tertiary/aromatic N) is 2. The molecule has 2 bridgehead atoms. The Bertz CT molecular complexity index is 1830. The zero-order valence-corrected chi connectivity index (χ0v) is 31.6. The largest absolute Gasteiger partial charge is 0.497 e. The molecule has 3 saturated heterocycles. The number of benzene rings is 3. The Morgan fingerprint density at radius 3 is 2.33 bits per heavy atom. The Hall–Kier alpha value is -4.20. The summed E-state index contributed by atoms with van der Waals surface area (Å²) in [6.07, 6.45) is 6.12. The molecule has 3 aliphatic rings. The van der Waals surface area contributed by atoms with Gasteiger partial charge in [-0.25, -0.2) is 4.79 Å². The fraction of sp³-hybridized carbons (Fsp3) is 0.455. The van der Waals surface area contributed by atoms with E-state index in [1.807, 2.05) is 54.7 Å². The third-order valence-corrected chi connectivity index (χ3v) is 11.6. The highest BCUT2D eigenvalue weighted by Crippen LogP contribution is 2.48. The normalized spacial score (nSPS) is 23.0. The van der Waals surface area contributed by atoms with E-state index in [1.54, 1.807) is 7.11 Å². The molecule has 0 unspecified atom stereocenters. The Labute approximate surface area is 304 Å². The molecule has 6 atom stereocenters. The van der Waals surface area contributed by atoms with Gasteiger partial charge in [0, 0.05) is 35.9 Å². The van der Waals surface area contributed by atoms with Crippen LogP contribution in [0.2, 0.25) is 0 Å². The molecule has 51 heavy (non-hydrogen) atoms. The van der Waals surface area contributed by atoms with Gasteiger partial charge in [0.1, 0.15) is 24.4 Å². The third kappa shape index (κ3) is 7.70. The lowest BCUT2D eigenvalue weighted by Gasteiger charge is -2.59. The Kier molecular flexibility index (Phi) is 10.4. The van der Waals surface area contributed by atoms with Gasteiger partial charge < -0.3 is 25.0 Å². The van der Waals surface area contributed by atoms with Crippen molar-refractivity contribution in [1.82, 2.24) is 15.6 Å². The van der Waals surface area contributed by atoms with E-state index < -0.39 is 6.04 Å². The molecule has 270 valence electrons. The molecule has 1 aromatic heterocycles. The van der Waals surface area contributed by atoms with E-state index in [-0.39, 0.29) is 35.6 Å². The van der Waals surface area contributed by atoms with E-state index in [4.69, 9.17) is 9.72 Å². The molecular weight excluding hydrogens is 633 g/mol. The van der Waals surface area contributed by atoms with Gasteiger partial charge in [0.25, 0.3) is 0 Å². The first-order chi connectivity index (χ1) is 24.2. The first-order valence-electron chi connectivity index (χ1n) is 18.5. The predicted octanol–water partition coefficient (Wildman–Crippen LogP) is 8.52. The minimum Gasteiger partial charge on any atom is -0.497 e. The zero-order valence-electron chi connectivity index (χ0n) is 31.6. The summed E-state index contributed by atoms with van der Waals surface area (Å²) < 4.78 is 6.54. The number of amides is 2. The summed E-state index contributed by atoms with van der Waals surface area (Å²) in [6, 6.07) is 23.8. The maximum absolute atomic E-state index is 14.2. The number of nitrogens with one attached hydrogen (secondary N) is 2. The second kappa shape index (κ2) is 14.4. The van der Waals surface area contributed by atoms with Crippen LogP contribution in [0.3, 0.4) is 0 Å². The number of urea groups is 1. The predicted molar refractivity (Wildman–Crippen MR) is 207 cm³/mol. The van der Waals surface area contributed by atoms with Crippen LogP contribution in [-0.2, 0) is 17.4 Å². The van der Waals surface area contributed by atoms with Crippen LogP contribution in [0.1, 0.15) is 94.3 Å². The van der Waals surface area contributed by atoms with Crippen molar-refractivity contribution in [1.29, 1.82) is 0 Å². The molecule has 7 heteroatoms. The van der Waals surface area contributed by atoms with E-state index in [0.29, 0.717) is 11.8 Å². The van der Waals surface area contributed by atoms with Crippen molar-refractivity contribution in [3.63, 3.8) is 0 Å². The summed E-state index contributed by atoms with van der Waals surface area (Å²) in [5, 5.41) is 17.9. The number of methoxy groups -OCH3 is 1. The number of ether oxygens (including phenoxy) is 1. The fourth-order valence-corrected chi connectivity index (χ4v) is 8.60. The number of aromatic nitrogens is 1. The number of carbonyl (C=O) groups is 1. The molecule has 3 fully saturated rings. The molecule has 7 nitrogen and oxygen atoms in total. The van der Waals surface area contributed by atoms with Gasteiger partial charge in [0.05, 0.1) is 38.4 Å². The molecule has 3 N–H and O–H groups in total. The minimum atomic E-state index is -0.534. The van der Waals surface area contributed by atoms with E-state index in [9.17, 15) is 9.90 Å². The lowest BCUT2D eigenvalue weighted by Crippen LogP contribution is -2.69. The maximum atomic E-state index is 14.2. The summed E-state index contributed by atoms with van der Waals surface area (Å²) in [5.74, 6) is 1.64. The number of carbonyl (C=O) groups excluding carboxylic acids is 1. The number of pyridine rings is 1. The van der Waals surface area contributed by atoms with Crippen LogP contribution in [0, 0.1) is 11.8 Å². The first kappa shape index (κ1) is 36.6. The number of fused-ring (bicyclic) bond motifs is 4. The SMILES string of the molecule is C=C[C@H]1C[N@+]2(Cc3cc(C(C)(C)C)cc(C(C)(C)C)c3)CC[C@H]1C[C@H]2[C@@H](NC(=O)N[C@H](CO)c1ccccc1)c1ccnc2ccc(OC)cc12. The van der Waals surface area contributed by atoms with Gasteiger partial charge in [-0.1, -0.05) is 84.0 Å². The molecule has 4 heterocycles. The van der Waals surface area contributed by atoms with E-state index in [1.165, 1.54) is 16.7 Å². The number of piperidine rings is 3. The topological polar surface area (TPSA) is 83.5 Å². The van der Waals surface area contributed by atoms with Crippen LogP contribution in [0.5, 0.6) is 5.75 Å². The van der Waals surface area contributed by atoms with Gasteiger partial charge in [-0.3, -0.25) is 4.98 Å². The molecular formula is C44H57N4O3+. The van der Waals surface area contributed by atoms with Gasteiger partial charge in [-0.15, -0.1) is 6.58 Å². The lowest BCUT2D eigenvalue weighted by atomic mass is 9.70. The van der Waals surface area contributed by atoms with Crippen molar-refractivity contribution in [3.05, 3.63) is 119 Å². The second-order valence-corrected chi connectivity index (χ2v) is 17.0. The van der Waals surface area contributed by atoms with Crippen LogP contribution in [0.25, 0.3) is 10.9 Å². The maximum Gasteiger partial charge on any atom is 0.316 e. The monoisotopic (exact) mass is 689 g/mol. The standard InChI is InChI=1S/C44H56N4O3/c1-9-30-27-48(26-29-21-33(43(2,3)4)24-34(22-29)44(5,6)7)20-18-32(30)23-40(48)41(36-17-19-45-38-16-15-35(51-8)25-37(36)38)47-42(50)46-39(28-49)31-13-11-10-12-14-31/h9-17,19,21-22,24-25,30,32,39-41,49H,1,18,20,23,26-28H2,2-8H3,(H-,46,47,50)/p+1/t30-,32-,39+,40-,41-,48+/m0/s1. The van der Waals surface area contributed by atoms with E-state index in [2.05, 4.69) is 89.1 Å². The molecule has 0 radical (unpaired) electrons. The Morgan fingerprint density at radius 1 is 1.00 bits per heavy atom. The number of quaternary nitrogens is 1. The first-order valence-corrected chi connectivity index (χ1v) is 18.5. The minimum absolute atomic E-state index is 0.00709. The number of hydrogen-bond acceptors (Lipinski definition) is 4. The average Bonchev–Trinajstić information content (AvgIpc) is 3.12. The van der Waals surface area contributed by atoms with Crippen molar-refractivity contribution < 1.29 is 19.1 Å². The molecule has 0 spiro atoms. The summed E-state index contributed by atoms with van der Waals surface area (Å²) in [7, 11) is 1.68. The number of hydrogen-bond donors (Lipinski definition) is 3. The lowest BCUT2D eigenvalue weighted by molar-refractivity contribution is -0.983. The van der Waals surface area contributed by atoms with Gasteiger partial charge >= 0.3 is 6.03 Å².